The predicted molar refractivity (Wildman–Crippen MR) is 62.0 cm³/mol. The third kappa shape index (κ3) is 2.64. The number of para-hydroxylation sites is 1. The van der Waals surface area contributed by atoms with Gasteiger partial charge in [0.15, 0.2) is 0 Å². The molecular weight excluding hydrogens is 232 g/mol. The lowest BCUT2D eigenvalue weighted by molar-refractivity contribution is 0.0697. The number of carbonyl (C=O) groups is 1. The topological polar surface area (TPSA) is 84.9 Å². The van der Waals surface area contributed by atoms with Crippen LogP contribution in [0.3, 0.4) is 0 Å². The van der Waals surface area contributed by atoms with Gasteiger partial charge >= 0.3 is 5.97 Å². The van der Waals surface area contributed by atoms with Gasteiger partial charge in [0.25, 0.3) is 0 Å². The lowest BCUT2D eigenvalue weighted by Crippen LogP contribution is -2.13. The zero-order valence-corrected chi connectivity index (χ0v) is 9.36. The molecule has 5 nitrogen and oxygen atoms in total. The summed E-state index contributed by atoms with van der Waals surface area (Å²) in [5.41, 5.74) is 5.66. The van der Waals surface area contributed by atoms with Gasteiger partial charge in [-0.2, -0.15) is 0 Å². The van der Waals surface area contributed by atoms with E-state index >= 15 is 0 Å². The maximum Gasteiger partial charge on any atom is 0.338 e. The van der Waals surface area contributed by atoms with E-state index in [0.29, 0.717) is 5.75 Å². The highest BCUT2D eigenvalue weighted by Crippen LogP contribution is 2.31. The molecule has 0 aliphatic carbocycles. The number of nitrogens with two attached hydrogens (primary N) is 1. The number of carboxylic acid groups (broad SMARTS) is 1. The number of nitrogens with zero attached hydrogens (tertiary/aromatic N) is 1. The molecule has 1 aromatic rings. The Morgan fingerprint density at radius 2 is 2.31 bits per heavy atom. The maximum atomic E-state index is 11.0. The Balaban J connectivity index is 3.36. The summed E-state index contributed by atoms with van der Waals surface area (Å²) in [5, 5.41) is 8.97. The monoisotopic (exact) mass is 242 g/mol. The maximum absolute atomic E-state index is 11.0. The number of alkyl halides is 1. The molecule has 0 saturated heterocycles. The van der Waals surface area contributed by atoms with Crippen LogP contribution in [0.25, 0.3) is 0 Å². The molecule has 0 amide bonds. The van der Waals surface area contributed by atoms with Crippen LogP contribution >= 0.6 is 11.6 Å². The third-order valence-electron chi connectivity index (χ3n) is 1.84. The Morgan fingerprint density at radius 1 is 1.62 bits per heavy atom. The molecule has 0 aromatic heterocycles. The van der Waals surface area contributed by atoms with Crippen LogP contribution in [-0.2, 0) is 0 Å². The van der Waals surface area contributed by atoms with Crippen molar-refractivity contribution in [2.45, 2.75) is 0 Å². The van der Waals surface area contributed by atoms with Gasteiger partial charge < -0.3 is 15.6 Å². The van der Waals surface area contributed by atoms with Gasteiger partial charge in [-0.15, -0.1) is 11.6 Å². The number of methoxy groups -OCH3 is 1. The second kappa shape index (κ2) is 5.37. The molecule has 16 heavy (non-hydrogen) atoms. The molecule has 6 heteroatoms. The molecule has 0 bridgehead atoms. The Kier molecular flexibility index (Phi) is 4.13. The fourth-order valence-corrected chi connectivity index (χ4v) is 1.21. The normalized spacial score (nSPS) is 11.2. The number of rotatable bonds is 4. The highest BCUT2D eigenvalue weighted by atomic mass is 35.5. The fraction of sp³-hybridized carbons (Fsp3) is 0.200. The summed E-state index contributed by atoms with van der Waals surface area (Å²) in [6.07, 6.45) is 0. The van der Waals surface area contributed by atoms with Gasteiger partial charge in [-0.1, -0.05) is 6.07 Å². The lowest BCUT2D eigenvalue weighted by atomic mass is 10.1. The Hall–Kier alpha value is -1.75. The molecule has 0 atom stereocenters. The van der Waals surface area contributed by atoms with Crippen LogP contribution in [0.1, 0.15) is 10.4 Å². The first-order chi connectivity index (χ1) is 7.60. The van der Waals surface area contributed by atoms with E-state index < -0.39 is 5.97 Å². The van der Waals surface area contributed by atoms with Crippen molar-refractivity contribution >= 4 is 29.1 Å². The van der Waals surface area contributed by atoms with Gasteiger partial charge in [-0.05, 0) is 12.1 Å². The molecule has 0 aliphatic heterocycles. The highest BCUT2D eigenvalue weighted by Gasteiger charge is 2.14. The number of carboxylic acids is 1. The zero-order valence-electron chi connectivity index (χ0n) is 8.61. The average molecular weight is 243 g/mol. The highest BCUT2D eigenvalue weighted by molar-refractivity contribution is 6.28. The van der Waals surface area contributed by atoms with Crippen molar-refractivity contribution in [3.05, 3.63) is 23.8 Å². The quantitative estimate of drug-likeness (QED) is 0.477. The SMILES string of the molecule is COc1cccc(C(=O)O)c1N=C(N)CCl. The minimum atomic E-state index is -1.10. The Morgan fingerprint density at radius 3 is 2.81 bits per heavy atom. The van der Waals surface area contributed by atoms with Crippen LogP contribution in [0, 0.1) is 0 Å². The number of hydrogen-bond acceptors (Lipinski definition) is 3. The Bertz CT molecular complexity index is 432. The van der Waals surface area contributed by atoms with Crippen molar-refractivity contribution in [1.29, 1.82) is 0 Å². The summed E-state index contributed by atoms with van der Waals surface area (Å²) >= 11 is 5.49. The molecular formula is C10H11ClN2O3. The summed E-state index contributed by atoms with van der Waals surface area (Å²) in [6, 6.07) is 4.59. The van der Waals surface area contributed by atoms with Crippen LogP contribution in [-0.4, -0.2) is 29.9 Å². The minimum Gasteiger partial charge on any atom is -0.494 e. The predicted octanol–water partition coefficient (Wildman–Crippen LogP) is 1.62. The molecule has 1 rings (SSSR count). The fourth-order valence-electron chi connectivity index (χ4n) is 1.15. The van der Waals surface area contributed by atoms with E-state index in [-0.39, 0.29) is 23.0 Å². The summed E-state index contributed by atoms with van der Waals surface area (Å²) < 4.78 is 5.01. The van der Waals surface area contributed by atoms with Gasteiger partial charge in [0.2, 0.25) is 0 Å². The van der Waals surface area contributed by atoms with Crippen LogP contribution in [0.4, 0.5) is 5.69 Å². The largest absolute Gasteiger partial charge is 0.494 e. The molecule has 0 heterocycles. The average Bonchev–Trinajstić information content (AvgIpc) is 2.28. The molecule has 0 unspecified atom stereocenters. The van der Waals surface area contributed by atoms with E-state index in [1.165, 1.54) is 13.2 Å². The molecule has 86 valence electrons. The van der Waals surface area contributed by atoms with Gasteiger partial charge in [0.1, 0.15) is 17.3 Å². The number of benzene rings is 1. The van der Waals surface area contributed by atoms with E-state index in [2.05, 4.69) is 4.99 Å². The number of halogens is 1. The molecule has 0 saturated carbocycles. The van der Waals surface area contributed by atoms with Gasteiger partial charge in [0.05, 0.1) is 18.6 Å². The van der Waals surface area contributed by atoms with Crippen LogP contribution in [0.2, 0.25) is 0 Å². The van der Waals surface area contributed by atoms with Crippen molar-refractivity contribution in [3.63, 3.8) is 0 Å². The number of aliphatic imine (C=N–C) groups is 1. The summed E-state index contributed by atoms with van der Waals surface area (Å²) in [5.74, 6) is -0.599. The first-order valence-electron chi connectivity index (χ1n) is 4.39. The first kappa shape index (κ1) is 12.3. The minimum absolute atomic E-state index is 0.0208. The van der Waals surface area contributed by atoms with Gasteiger partial charge in [-0.25, -0.2) is 9.79 Å². The van der Waals surface area contributed by atoms with Crippen molar-refractivity contribution in [2.24, 2.45) is 10.7 Å². The third-order valence-corrected chi connectivity index (χ3v) is 2.12. The van der Waals surface area contributed by atoms with Crippen molar-refractivity contribution < 1.29 is 14.6 Å². The van der Waals surface area contributed by atoms with E-state index in [4.69, 9.17) is 27.2 Å². The number of aromatic carboxylic acids is 1. The van der Waals surface area contributed by atoms with Crippen LogP contribution in [0.5, 0.6) is 5.75 Å². The summed E-state index contributed by atoms with van der Waals surface area (Å²) in [6.45, 7) is 0. The van der Waals surface area contributed by atoms with E-state index in [1.54, 1.807) is 12.1 Å². The van der Waals surface area contributed by atoms with Crippen molar-refractivity contribution in [2.75, 3.05) is 13.0 Å². The molecule has 0 spiro atoms. The lowest BCUT2D eigenvalue weighted by Gasteiger charge is -2.07. The Labute approximate surface area is 97.5 Å². The smallest absolute Gasteiger partial charge is 0.338 e. The van der Waals surface area contributed by atoms with Gasteiger partial charge in [0, 0.05) is 0 Å². The van der Waals surface area contributed by atoms with Crippen LogP contribution in [0.15, 0.2) is 23.2 Å². The molecule has 0 radical (unpaired) electrons. The van der Waals surface area contributed by atoms with Gasteiger partial charge in [-0.3, -0.25) is 0 Å². The van der Waals surface area contributed by atoms with E-state index in [1.807, 2.05) is 0 Å². The van der Waals surface area contributed by atoms with Crippen molar-refractivity contribution in [3.8, 4) is 5.75 Å². The van der Waals surface area contributed by atoms with E-state index in [0.717, 1.165) is 0 Å². The number of hydrogen-bond donors (Lipinski definition) is 2. The second-order valence-electron chi connectivity index (χ2n) is 2.90. The first-order valence-corrected chi connectivity index (χ1v) is 4.93. The van der Waals surface area contributed by atoms with Crippen molar-refractivity contribution in [1.82, 2.24) is 0 Å². The summed E-state index contributed by atoms with van der Waals surface area (Å²) in [7, 11) is 1.43. The standard InChI is InChI=1S/C10H11ClN2O3/c1-16-7-4-2-3-6(10(14)15)9(7)13-8(12)5-11/h2-4H,5H2,1H3,(H2,12,13)(H,14,15). The number of amidine groups is 1. The molecule has 1 aromatic carbocycles. The summed E-state index contributed by atoms with van der Waals surface area (Å²) in [4.78, 5) is 14.9. The molecule has 3 N–H and O–H groups in total. The molecule has 0 aliphatic rings. The second-order valence-corrected chi connectivity index (χ2v) is 3.17. The van der Waals surface area contributed by atoms with E-state index in [9.17, 15) is 4.79 Å². The van der Waals surface area contributed by atoms with Crippen LogP contribution < -0.4 is 10.5 Å². The zero-order chi connectivity index (χ0) is 12.1. The number of ether oxygens (including phenoxy) is 1. The molecule has 0 fully saturated rings.